The largest absolute Gasteiger partial charge is 0.303 e. The number of piperidine rings is 1. The lowest BCUT2D eigenvalue weighted by atomic mass is 9.80. The molecular weight excluding hydrogens is 220 g/mol. The zero-order valence-corrected chi connectivity index (χ0v) is 11.1. The van der Waals surface area contributed by atoms with Crippen LogP contribution >= 0.6 is 0 Å². The van der Waals surface area contributed by atoms with Gasteiger partial charge in [0, 0.05) is 19.4 Å². The molecule has 17 heavy (non-hydrogen) atoms. The second-order valence-electron chi connectivity index (χ2n) is 6.50. The van der Waals surface area contributed by atoms with Crippen molar-refractivity contribution < 1.29 is 8.78 Å². The molecule has 1 saturated heterocycles. The standard InChI is InChI=1S/C14H25F2N/c1-11(2)7-12-3-5-17(6-4-12)10-13-8-14(15,16)9-13/h11-13H,3-10H2,1-2H3. The first kappa shape index (κ1) is 13.3. The third-order valence-corrected chi connectivity index (χ3v) is 4.20. The van der Waals surface area contributed by atoms with Crippen LogP contribution in [0.5, 0.6) is 0 Å². The fraction of sp³-hybridized carbons (Fsp3) is 1.00. The Morgan fingerprint density at radius 3 is 2.18 bits per heavy atom. The van der Waals surface area contributed by atoms with Crippen LogP contribution in [0.4, 0.5) is 8.78 Å². The highest BCUT2D eigenvalue weighted by Crippen LogP contribution is 2.43. The van der Waals surface area contributed by atoms with Gasteiger partial charge in [-0.25, -0.2) is 8.78 Å². The smallest absolute Gasteiger partial charge is 0.248 e. The van der Waals surface area contributed by atoms with Crippen LogP contribution in [0, 0.1) is 17.8 Å². The van der Waals surface area contributed by atoms with Gasteiger partial charge in [0.05, 0.1) is 0 Å². The van der Waals surface area contributed by atoms with E-state index in [9.17, 15) is 8.78 Å². The van der Waals surface area contributed by atoms with Gasteiger partial charge in [0.1, 0.15) is 0 Å². The van der Waals surface area contributed by atoms with E-state index in [1.54, 1.807) is 0 Å². The molecule has 1 aliphatic heterocycles. The van der Waals surface area contributed by atoms with Crippen LogP contribution in [0.1, 0.15) is 46.0 Å². The molecule has 0 unspecified atom stereocenters. The maximum atomic E-state index is 12.7. The number of alkyl halides is 2. The summed E-state index contributed by atoms with van der Waals surface area (Å²) in [4.78, 5) is 2.40. The summed E-state index contributed by atoms with van der Waals surface area (Å²) in [6, 6.07) is 0. The van der Waals surface area contributed by atoms with Gasteiger partial charge in [0.15, 0.2) is 0 Å². The fourth-order valence-electron chi connectivity index (χ4n) is 3.35. The van der Waals surface area contributed by atoms with Crippen molar-refractivity contribution in [2.75, 3.05) is 19.6 Å². The molecule has 2 rings (SSSR count). The van der Waals surface area contributed by atoms with Crippen LogP contribution in [0.2, 0.25) is 0 Å². The lowest BCUT2D eigenvalue weighted by Crippen LogP contribution is -2.45. The molecule has 2 aliphatic rings. The molecule has 100 valence electrons. The van der Waals surface area contributed by atoms with Crippen molar-refractivity contribution in [2.45, 2.75) is 51.9 Å². The van der Waals surface area contributed by atoms with Gasteiger partial charge < -0.3 is 4.90 Å². The number of rotatable bonds is 4. The van der Waals surface area contributed by atoms with Crippen LogP contribution in [-0.4, -0.2) is 30.5 Å². The first-order valence-electron chi connectivity index (χ1n) is 7.05. The highest BCUT2D eigenvalue weighted by molar-refractivity contribution is 4.88. The zero-order valence-electron chi connectivity index (χ0n) is 11.1. The van der Waals surface area contributed by atoms with Crippen molar-refractivity contribution >= 4 is 0 Å². The summed E-state index contributed by atoms with van der Waals surface area (Å²) in [6.07, 6.45) is 4.11. The Kier molecular flexibility index (Phi) is 4.06. The van der Waals surface area contributed by atoms with Crippen molar-refractivity contribution in [3.8, 4) is 0 Å². The van der Waals surface area contributed by atoms with E-state index in [-0.39, 0.29) is 18.8 Å². The molecule has 1 nitrogen and oxygen atoms in total. The molecule has 0 bridgehead atoms. The van der Waals surface area contributed by atoms with E-state index in [2.05, 4.69) is 18.7 Å². The lowest BCUT2D eigenvalue weighted by molar-refractivity contribution is -0.117. The first-order chi connectivity index (χ1) is 7.94. The summed E-state index contributed by atoms with van der Waals surface area (Å²) in [5, 5.41) is 0. The van der Waals surface area contributed by atoms with Gasteiger partial charge in [-0.05, 0) is 50.1 Å². The van der Waals surface area contributed by atoms with Gasteiger partial charge in [-0.2, -0.15) is 0 Å². The maximum Gasteiger partial charge on any atom is 0.248 e. The van der Waals surface area contributed by atoms with E-state index in [1.807, 2.05) is 0 Å². The Bertz CT molecular complexity index is 237. The summed E-state index contributed by atoms with van der Waals surface area (Å²) >= 11 is 0. The lowest BCUT2D eigenvalue weighted by Gasteiger charge is -2.40. The van der Waals surface area contributed by atoms with Crippen molar-refractivity contribution in [2.24, 2.45) is 17.8 Å². The zero-order chi connectivity index (χ0) is 12.5. The molecule has 1 heterocycles. The molecule has 0 N–H and O–H groups in total. The molecule has 2 fully saturated rings. The third-order valence-electron chi connectivity index (χ3n) is 4.20. The van der Waals surface area contributed by atoms with E-state index in [4.69, 9.17) is 0 Å². The molecule has 0 aromatic rings. The Morgan fingerprint density at radius 1 is 1.12 bits per heavy atom. The number of halogens is 2. The van der Waals surface area contributed by atoms with E-state index in [1.165, 1.54) is 19.3 Å². The Morgan fingerprint density at radius 2 is 1.71 bits per heavy atom. The van der Waals surface area contributed by atoms with Gasteiger partial charge in [-0.1, -0.05) is 13.8 Å². The summed E-state index contributed by atoms with van der Waals surface area (Å²) < 4.78 is 25.5. The van der Waals surface area contributed by atoms with Crippen molar-refractivity contribution in [3.05, 3.63) is 0 Å². The quantitative estimate of drug-likeness (QED) is 0.728. The number of hydrogen-bond acceptors (Lipinski definition) is 1. The fourth-order valence-corrected chi connectivity index (χ4v) is 3.35. The molecule has 1 saturated carbocycles. The Hall–Kier alpha value is -0.180. The normalized spacial score (nSPS) is 27.4. The summed E-state index contributed by atoms with van der Waals surface area (Å²) in [5.41, 5.74) is 0. The summed E-state index contributed by atoms with van der Waals surface area (Å²) in [6.45, 7) is 7.72. The minimum atomic E-state index is -2.35. The minimum Gasteiger partial charge on any atom is -0.303 e. The number of likely N-dealkylation sites (tertiary alicyclic amines) is 1. The number of nitrogens with zero attached hydrogens (tertiary/aromatic N) is 1. The van der Waals surface area contributed by atoms with E-state index in [0.29, 0.717) is 0 Å². The predicted octanol–water partition coefficient (Wildman–Crippen LogP) is 3.79. The van der Waals surface area contributed by atoms with Gasteiger partial charge in [-0.3, -0.25) is 0 Å². The van der Waals surface area contributed by atoms with E-state index >= 15 is 0 Å². The molecule has 0 aromatic carbocycles. The van der Waals surface area contributed by atoms with Crippen LogP contribution in [-0.2, 0) is 0 Å². The van der Waals surface area contributed by atoms with Gasteiger partial charge >= 0.3 is 0 Å². The number of hydrogen-bond donors (Lipinski definition) is 0. The molecule has 0 atom stereocenters. The predicted molar refractivity (Wildman–Crippen MR) is 66.3 cm³/mol. The summed E-state index contributed by atoms with van der Waals surface area (Å²) in [7, 11) is 0. The van der Waals surface area contributed by atoms with Crippen LogP contribution < -0.4 is 0 Å². The van der Waals surface area contributed by atoms with Crippen LogP contribution in [0.25, 0.3) is 0 Å². The maximum absolute atomic E-state index is 12.7. The van der Waals surface area contributed by atoms with Crippen molar-refractivity contribution in [3.63, 3.8) is 0 Å². The van der Waals surface area contributed by atoms with E-state index < -0.39 is 5.92 Å². The van der Waals surface area contributed by atoms with Crippen LogP contribution in [0.15, 0.2) is 0 Å². The highest BCUT2D eigenvalue weighted by Gasteiger charge is 2.45. The Labute approximate surface area is 104 Å². The summed E-state index contributed by atoms with van der Waals surface area (Å²) in [5.74, 6) is -0.432. The molecule has 1 aliphatic carbocycles. The molecule has 0 amide bonds. The van der Waals surface area contributed by atoms with Crippen molar-refractivity contribution in [1.29, 1.82) is 0 Å². The first-order valence-corrected chi connectivity index (χ1v) is 7.05. The second kappa shape index (κ2) is 5.21. The van der Waals surface area contributed by atoms with Gasteiger partial charge in [0.2, 0.25) is 5.92 Å². The van der Waals surface area contributed by atoms with Crippen LogP contribution in [0.3, 0.4) is 0 Å². The molecule has 0 aromatic heterocycles. The molecular formula is C14H25F2N. The highest BCUT2D eigenvalue weighted by atomic mass is 19.3. The topological polar surface area (TPSA) is 3.24 Å². The molecule has 0 radical (unpaired) electrons. The van der Waals surface area contributed by atoms with Crippen molar-refractivity contribution in [1.82, 2.24) is 4.90 Å². The third kappa shape index (κ3) is 3.90. The average molecular weight is 245 g/mol. The minimum absolute atomic E-state index is 0.124. The van der Waals surface area contributed by atoms with E-state index in [0.717, 1.165) is 31.5 Å². The molecule has 3 heteroatoms. The van der Waals surface area contributed by atoms with Gasteiger partial charge in [-0.15, -0.1) is 0 Å². The van der Waals surface area contributed by atoms with Gasteiger partial charge in [0.25, 0.3) is 0 Å². The second-order valence-corrected chi connectivity index (χ2v) is 6.50. The Balaban J connectivity index is 1.63. The average Bonchev–Trinajstić information content (AvgIpc) is 2.17. The molecule has 0 spiro atoms. The monoisotopic (exact) mass is 245 g/mol. The SMILES string of the molecule is CC(C)CC1CCN(CC2CC(F)(F)C2)CC1.